The second-order valence-corrected chi connectivity index (χ2v) is 6.60. The summed E-state index contributed by atoms with van der Waals surface area (Å²) < 4.78 is 2.14. The van der Waals surface area contributed by atoms with Crippen LogP contribution < -0.4 is 5.73 Å². The minimum absolute atomic E-state index is 0.627. The summed E-state index contributed by atoms with van der Waals surface area (Å²) in [4.78, 5) is 0. The second kappa shape index (κ2) is 6.52. The van der Waals surface area contributed by atoms with Crippen LogP contribution in [0, 0.1) is 12.3 Å². The minimum Gasteiger partial charge on any atom is -0.399 e. The van der Waals surface area contributed by atoms with E-state index in [0.717, 1.165) is 27.8 Å². The Kier molecular flexibility index (Phi) is 4.05. The lowest BCUT2D eigenvalue weighted by molar-refractivity contribution is 1.12. The van der Waals surface area contributed by atoms with Gasteiger partial charge in [-0.1, -0.05) is 42.5 Å². The molecule has 0 radical (unpaired) electrons. The molecule has 0 amide bonds. The molecule has 128 valence electrons. The molecule has 1 heterocycles. The van der Waals surface area contributed by atoms with Crippen LogP contribution in [0.5, 0.6) is 0 Å². The third-order valence-electron chi connectivity index (χ3n) is 4.84. The van der Waals surface area contributed by atoms with E-state index >= 15 is 0 Å². The summed E-state index contributed by atoms with van der Waals surface area (Å²) in [6.07, 6.45) is 2.69. The summed E-state index contributed by atoms with van der Waals surface area (Å²) in [5.74, 6) is 0. The van der Waals surface area contributed by atoms with E-state index in [1.165, 1.54) is 11.1 Å². The van der Waals surface area contributed by atoms with Gasteiger partial charge >= 0.3 is 0 Å². The third-order valence-corrected chi connectivity index (χ3v) is 4.84. The Morgan fingerprint density at radius 2 is 1.62 bits per heavy atom. The molecule has 0 saturated carbocycles. The lowest BCUT2D eigenvalue weighted by Gasteiger charge is -2.06. The summed E-state index contributed by atoms with van der Waals surface area (Å²) in [7, 11) is 0. The van der Waals surface area contributed by atoms with E-state index in [0.29, 0.717) is 12.1 Å². The van der Waals surface area contributed by atoms with Crippen LogP contribution in [0.3, 0.4) is 0 Å². The molecule has 3 aromatic carbocycles. The molecule has 4 rings (SSSR count). The number of hydrogen-bond donors (Lipinski definition) is 2. The zero-order valence-electron chi connectivity index (χ0n) is 14.7. The maximum atomic E-state index is 8.72. The first-order chi connectivity index (χ1) is 12.6. The fourth-order valence-corrected chi connectivity index (χ4v) is 3.36. The number of aryl methyl sites for hydroxylation is 1. The van der Waals surface area contributed by atoms with Crippen LogP contribution in [-0.2, 0) is 6.42 Å². The van der Waals surface area contributed by atoms with E-state index in [2.05, 4.69) is 42.0 Å². The highest BCUT2D eigenvalue weighted by Gasteiger charge is 2.14. The van der Waals surface area contributed by atoms with Gasteiger partial charge in [-0.2, -0.15) is 0 Å². The van der Waals surface area contributed by atoms with Gasteiger partial charge in [-0.05, 0) is 48.4 Å². The number of nitrogen functional groups attached to an aromatic ring is 1. The summed E-state index contributed by atoms with van der Waals surface area (Å²) in [5.41, 5.74) is 12.7. The standard InChI is InChI=1S/C23H21N3/c1-16-6-2-3-7-17(16)14-22(25)21-15-26(19-12-10-18(24)11-13-19)23-9-5-4-8-20(21)23/h2-13,15,25H,14,24H2,1H3. The highest BCUT2D eigenvalue weighted by molar-refractivity contribution is 6.10. The number of benzene rings is 3. The topological polar surface area (TPSA) is 54.8 Å². The Labute approximate surface area is 153 Å². The summed E-state index contributed by atoms with van der Waals surface area (Å²) in [6.45, 7) is 2.10. The third kappa shape index (κ3) is 2.88. The predicted molar refractivity (Wildman–Crippen MR) is 109 cm³/mol. The number of anilines is 1. The zero-order valence-corrected chi connectivity index (χ0v) is 14.7. The van der Waals surface area contributed by atoms with Crippen molar-refractivity contribution in [1.29, 1.82) is 5.41 Å². The lowest BCUT2D eigenvalue weighted by Crippen LogP contribution is -2.04. The van der Waals surface area contributed by atoms with Crippen molar-refractivity contribution in [3.05, 3.63) is 95.7 Å². The van der Waals surface area contributed by atoms with Crippen molar-refractivity contribution >= 4 is 22.3 Å². The van der Waals surface area contributed by atoms with E-state index in [4.69, 9.17) is 11.1 Å². The fourth-order valence-electron chi connectivity index (χ4n) is 3.36. The lowest BCUT2D eigenvalue weighted by atomic mass is 9.99. The summed E-state index contributed by atoms with van der Waals surface area (Å²) >= 11 is 0. The Hall–Kier alpha value is -3.33. The SMILES string of the molecule is Cc1ccccc1CC(=N)c1cn(-c2ccc(N)cc2)c2ccccc12. The molecule has 26 heavy (non-hydrogen) atoms. The van der Waals surface area contributed by atoms with Gasteiger partial charge in [0.15, 0.2) is 0 Å². The number of rotatable bonds is 4. The van der Waals surface area contributed by atoms with Gasteiger partial charge in [0.05, 0.1) is 5.52 Å². The van der Waals surface area contributed by atoms with Gasteiger partial charge in [0.25, 0.3) is 0 Å². The molecule has 0 bridgehead atoms. The molecule has 0 unspecified atom stereocenters. The molecule has 0 saturated heterocycles. The van der Waals surface area contributed by atoms with Gasteiger partial charge in [0, 0.05) is 40.7 Å². The maximum absolute atomic E-state index is 8.72. The van der Waals surface area contributed by atoms with Crippen LogP contribution in [0.15, 0.2) is 79.0 Å². The van der Waals surface area contributed by atoms with E-state index in [-0.39, 0.29) is 0 Å². The molecule has 0 spiro atoms. The number of nitrogens with zero attached hydrogens (tertiary/aromatic N) is 1. The van der Waals surface area contributed by atoms with Crippen LogP contribution >= 0.6 is 0 Å². The van der Waals surface area contributed by atoms with Crippen molar-refractivity contribution in [1.82, 2.24) is 4.57 Å². The Morgan fingerprint density at radius 1 is 0.923 bits per heavy atom. The van der Waals surface area contributed by atoms with Crippen molar-refractivity contribution in [2.45, 2.75) is 13.3 Å². The Morgan fingerprint density at radius 3 is 2.38 bits per heavy atom. The number of nitrogens with two attached hydrogens (primary N) is 1. The maximum Gasteiger partial charge on any atom is 0.0535 e. The van der Waals surface area contributed by atoms with Crippen molar-refractivity contribution in [3.8, 4) is 5.69 Å². The normalized spacial score (nSPS) is 11.0. The first-order valence-corrected chi connectivity index (χ1v) is 8.72. The molecule has 4 aromatic rings. The van der Waals surface area contributed by atoms with E-state index in [1.807, 2.05) is 48.5 Å². The molecule has 0 aliphatic rings. The average molecular weight is 339 g/mol. The quantitative estimate of drug-likeness (QED) is 0.393. The molecule has 1 aromatic heterocycles. The van der Waals surface area contributed by atoms with Crippen molar-refractivity contribution in [3.63, 3.8) is 0 Å². The zero-order chi connectivity index (χ0) is 18.1. The predicted octanol–water partition coefficient (Wildman–Crippen LogP) is 5.13. The average Bonchev–Trinajstić information content (AvgIpc) is 3.04. The van der Waals surface area contributed by atoms with Crippen molar-refractivity contribution < 1.29 is 0 Å². The van der Waals surface area contributed by atoms with E-state index in [1.54, 1.807) is 0 Å². The van der Waals surface area contributed by atoms with Crippen molar-refractivity contribution in [2.75, 3.05) is 5.73 Å². The first-order valence-electron chi connectivity index (χ1n) is 8.72. The van der Waals surface area contributed by atoms with Gasteiger partial charge in [-0.15, -0.1) is 0 Å². The molecule has 0 atom stereocenters. The van der Waals surface area contributed by atoms with Gasteiger partial charge in [-0.25, -0.2) is 0 Å². The molecular formula is C23H21N3. The second-order valence-electron chi connectivity index (χ2n) is 6.60. The van der Waals surface area contributed by atoms with Crippen LogP contribution in [0.4, 0.5) is 5.69 Å². The fraction of sp³-hybridized carbons (Fsp3) is 0.0870. The molecule has 0 aliphatic heterocycles. The smallest absolute Gasteiger partial charge is 0.0535 e. The molecule has 3 heteroatoms. The molecule has 0 aliphatic carbocycles. The van der Waals surface area contributed by atoms with Crippen molar-refractivity contribution in [2.24, 2.45) is 0 Å². The summed E-state index contributed by atoms with van der Waals surface area (Å²) in [6, 6.07) is 24.3. The Bertz CT molecular complexity index is 1090. The molecule has 0 fully saturated rings. The number of nitrogens with one attached hydrogen (secondary N) is 1. The molecule has 3 N–H and O–H groups in total. The largest absolute Gasteiger partial charge is 0.399 e. The van der Waals surface area contributed by atoms with E-state index < -0.39 is 0 Å². The van der Waals surface area contributed by atoms with Gasteiger partial charge in [0.1, 0.15) is 0 Å². The van der Waals surface area contributed by atoms with E-state index in [9.17, 15) is 0 Å². The highest BCUT2D eigenvalue weighted by Crippen LogP contribution is 2.26. The Balaban J connectivity index is 1.79. The first kappa shape index (κ1) is 16.2. The van der Waals surface area contributed by atoms with Crippen LogP contribution in [0.25, 0.3) is 16.6 Å². The van der Waals surface area contributed by atoms with Gasteiger partial charge < -0.3 is 15.7 Å². The highest BCUT2D eigenvalue weighted by atomic mass is 15.0. The number of hydrogen-bond acceptors (Lipinski definition) is 2. The molecular weight excluding hydrogens is 318 g/mol. The monoisotopic (exact) mass is 339 g/mol. The van der Waals surface area contributed by atoms with Crippen LogP contribution in [0.1, 0.15) is 16.7 Å². The van der Waals surface area contributed by atoms with Gasteiger partial charge in [-0.3, -0.25) is 0 Å². The number of fused-ring (bicyclic) bond motifs is 1. The number of aromatic nitrogens is 1. The van der Waals surface area contributed by atoms with Crippen LogP contribution in [0.2, 0.25) is 0 Å². The summed E-state index contributed by atoms with van der Waals surface area (Å²) in [5, 5.41) is 9.82. The van der Waals surface area contributed by atoms with Crippen LogP contribution in [-0.4, -0.2) is 10.3 Å². The van der Waals surface area contributed by atoms with Gasteiger partial charge in [0.2, 0.25) is 0 Å². The minimum atomic E-state index is 0.627. The number of para-hydroxylation sites is 1. The molecule has 3 nitrogen and oxygen atoms in total.